The second-order valence-electron chi connectivity index (χ2n) is 3.28. The van der Waals surface area contributed by atoms with E-state index in [0.29, 0.717) is 16.5 Å². The van der Waals surface area contributed by atoms with E-state index < -0.39 is 0 Å². The van der Waals surface area contributed by atoms with Crippen LogP contribution in [0, 0.1) is 0 Å². The van der Waals surface area contributed by atoms with E-state index >= 15 is 0 Å². The summed E-state index contributed by atoms with van der Waals surface area (Å²) in [6, 6.07) is 2.94. The van der Waals surface area contributed by atoms with Crippen LogP contribution < -0.4 is 9.47 Å². The van der Waals surface area contributed by atoms with Crippen LogP contribution in [0.15, 0.2) is 12.1 Å². The average molecular weight is 215 g/mol. The molecule has 1 aromatic rings. The number of benzene rings is 1. The normalized spacial score (nSPS) is 15.3. The van der Waals surface area contributed by atoms with Gasteiger partial charge in [-0.05, 0) is 12.8 Å². The molecule has 0 unspecified atom stereocenters. The van der Waals surface area contributed by atoms with E-state index in [9.17, 15) is 5.11 Å². The molecule has 1 aromatic carbocycles. The minimum absolute atomic E-state index is 0.0787. The Labute approximate surface area is 87.2 Å². The highest BCUT2D eigenvalue weighted by molar-refractivity contribution is 6.32. The molecule has 1 fully saturated rings. The van der Waals surface area contributed by atoms with Gasteiger partial charge in [0.1, 0.15) is 5.75 Å². The van der Waals surface area contributed by atoms with Crippen LogP contribution in [0.3, 0.4) is 0 Å². The molecule has 0 spiro atoms. The van der Waals surface area contributed by atoms with Crippen molar-refractivity contribution in [1.82, 2.24) is 0 Å². The van der Waals surface area contributed by atoms with E-state index in [2.05, 4.69) is 0 Å². The van der Waals surface area contributed by atoms with Crippen molar-refractivity contribution < 1.29 is 14.6 Å². The number of phenolic OH excluding ortho intramolecular Hbond substituents is 1. The molecule has 0 radical (unpaired) electrons. The molecular formula is C10H11ClO3. The SMILES string of the molecule is COc1cc(O)cc(Cl)c1OC1CC1. The van der Waals surface area contributed by atoms with E-state index in [4.69, 9.17) is 21.1 Å². The van der Waals surface area contributed by atoms with E-state index in [1.165, 1.54) is 19.2 Å². The lowest BCUT2D eigenvalue weighted by Crippen LogP contribution is -1.99. The minimum Gasteiger partial charge on any atom is -0.508 e. The van der Waals surface area contributed by atoms with Crippen LogP contribution in [0.5, 0.6) is 17.2 Å². The van der Waals surface area contributed by atoms with Gasteiger partial charge in [0.25, 0.3) is 0 Å². The Balaban J connectivity index is 2.33. The summed E-state index contributed by atoms with van der Waals surface area (Å²) < 4.78 is 10.6. The van der Waals surface area contributed by atoms with Crippen LogP contribution in [0.2, 0.25) is 5.02 Å². The van der Waals surface area contributed by atoms with Gasteiger partial charge < -0.3 is 14.6 Å². The molecule has 1 N–H and O–H groups in total. The maximum absolute atomic E-state index is 9.28. The molecule has 76 valence electrons. The van der Waals surface area contributed by atoms with Crippen molar-refractivity contribution in [2.24, 2.45) is 0 Å². The number of halogens is 1. The second kappa shape index (κ2) is 3.58. The highest BCUT2D eigenvalue weighted by Crippen LogP contribution is 2.41. The van der Waals surface area contributed by atoms with Gasteiger partial charge in [0.05, 0.1) is 18.2 Å². The van der Waals surface area contributed by atoms with Crippen LogP contribution in [0.1, 0.15) is 12.8 Å². The van der Waals surface area contributed by atoms with Crippen molar-refractivity contribution in [3.8, 4) is 17.2 Å². The van der Waals surface area contributed by atoms with Crippen molar-refractivity contribution in [2.45, 2.75) is 18.9 Å². The van der Waals surface area contributed by atoms with Gasteiger partial charge in [-0.25, -0.2) is 0 Å². The zero-order chi connectivity index (χ0) is 10.1. The largest absolute Gasteiger partial charge is 0.508 e. The highest BCUT2D eigenvalue weighted by Gasteiger charge is 2.26. The number of phenols is 1. The molecular weight excluding hydrogens is 204 g/mol. The molecule has 1 saturated carbocycles. The standard InChI is InChI=1S/C10H11ClO3/c1-13-9-5-6(12)4-8(11)10(9)14-7-2-3-7/h4-5,7,12H,2-3H2,1H3. The second-order valence-corrected chi connectivity index (χ2v) is 3.68. The van der Waals surface area contributed by atoms with E-state index in [1.807, 2.05) is 0 Å². The van der Waals surface area contributed by atoms with Crippen LogP contribution in [0.4, 0.5) is 0 Å². The monoisotopic (exact) mass is 214 g/mol. The van der Waals surface area contributed by atoms with Crippen LogP contribution in [0.25, 0.3) is 0 Å². The third-order valence-corrected chi connectivity index (χ3v) is 2.30. The minimum atomic E-state index is 0.0787. The molecule has 2 rings (SSSR count). The average Bonchev–Trinajstić information content (AvgIpc) is 2.93. The maximum Gasteiger partial charge on any atom is 0.180 e. The van der Waals surface area contributed by atoms with Crippen molar-refractivity contribution in [3.63, 3.8) is 0 Å². The van der Waals surface area contributed by atoms with E-state index in [0.717, 1.165) is 12.8 Å². The summed E-state index contributed by atoms with van der Waals surface area (Å²) in [5.74, 6) is 1.08. The van der Waals surface area contributed by atoms with Crippen molar-refractivity contribution in [1.29, 1.82) is 0 Å². The fraction of sp³-hybridized carbons (Fsp3) is 0.400. The topological polar surface area (TPSA) is 38.7 Å². The first kappa shape index (κ1) is 9.46. The molecule has 0 heterocycles. The van der Waals surface area contributed by atoms with Gasteiger partial charge in [-0.1, -0.05) is 11.6 Å². The first-order valence-electron chi connectivity index (χ1n) is 4.44. The summed E-state index contributed by atoms with van der Waals surface area (Å²) >= 11 is 5.92. The Morgan fingerprint density at radius 1 is 1.43 bits per heavy atom. The summed E-state index contributed by atoms with van der Waals surface area (Å²) in [5, 5.41) is 9.66. The lowest BCUT2D eigenvalue weighted by Gasteiger charge is -2.11. The van der Waals surface area contributed by atoms with Gasteiger partial charge in [0, 0.05) is 12.1 Å². The predicted octanol–water partition coefficient (Wildman–Crippen LogP) is 2.60. The smallest absolute Gasteiger partial charge is 0.180 e. The van der Waals surface area contributed by atoms with Crippen molar-refractivity contribution in [3.05, 3.63) is 17.2 Å². The van der Waals surface area contributed by atoms with E-state index in [1.54, 1.807) is 0 Å². The quantitative estimate of drug-likeness (QED) is 0.841. The molecule has 1 aliphatic rings. The summed E-state index contributed by atoms with van der Waals surface area (Å²) in [6.45, 7) is 0. The Morgan fingerprint density at radius 3 is 2.71 bits per heavy atom. The number of hydrogen-bond donors (Lipinski definition) is 1. The fourth-order valence-electron chi connectivity index (χ4n) is 1.17. The lowest BCUT2D eigenvalue weighted by atomic mass is 10.3. The first-order valence-corrected chi connectivity index (χ1v) is 4.81. The number of aromatic hydroxyl groups is 1. The lowest BCUT2D eigenvalue weighted by molar-refractivity contribution is 0.281. The number of ether oxygens (including phenoxy) is 2. The third kappa shape index (κ3) is 1.87. The molecule has 0 bridgehead atoms. The van der Waals surface area contributed by atoms with Crippen LogP contribution in [-0.4, -0.2) is 18.3 Å². The molecule has 14 heavy (non-hydrogen) atoms. The molecule has 0 aromatic heterocycles. The Morgan fingerprint density at radius 2 is 2.14 bits per heavy atom. The van der Waals surface area contributed by atoms with Crippen molar-refractivity contribution in [2.75, 3.05) is 7.11 Å². The summed E-state index contributed by atoms with van der Waals surface area (Å²) in [5.41, 5.74) is 0. The number of hydrogen-bond acceptors (Lipinski definition) is 3. The summed E-state index contributed by atoms with van der Waals surface area (Å²) in [6.07, 6.45) is 2.37. The molecule has 0 aliphatic heterocycles. The van der Waals surface area contributed by atoms with E-state index in [-0.39, 0.29) is 11.9 Å². The first-order chi connectivity index (χ1) is 6.70. The molecule has 0 amide bonds. The Hall–Kier alpha value is -1.09. The van der Waals surface area contributed by atoms with Crippen LogP contribution in [-0.2, 0) is 0 Å². The summed E-state index contributed by atoms with van der Waals surface area (Å²) in [4.78, 5) is 0. The molecule has 3 nitrogen and oxygen atoms in total. The van der Waals surface area contributed by atoms with Gasteiger partial charge in [-0.2, -0.15) is 0 Å². The van der Waals surface area contributed by atoms with Gasteiger partial charge >= 0.3 is 0 Å². The van der Waals surface area contributed by atoms with Crippen molar-refractivity contribution >= 4 is 11.6 Å². The van der Waals surface area contributed by atoms with Gasteiger partial charge in [0.15, 0.2) is 11.5 Å². The summed E-state index contributed by atoms with van der Waals surface area (Å²) in [7, 11) is 1.52. The van der Waals surface area contributed by atoms with Gasteiger partial charge in [-0.15, -0.1) is 0 Å². The number of methoxy groups -OCH3 is 1. The zero-order valence-corrected chi connectivity index (χ0v) is 8.54. The van der Waals surface area contributed by atoms with Crippen LogP contribution >= 0.6 is 11.6 Å². The Bertz CT molecular complexity index is 347. The molecule has 1 aliphatic carbocycles. The highest BCUT2D eigenvalue weighted by atomic mass is 35.5. The zero-order valence-electron chi connectivity index (χ0n) is 7.79. The van der Waals surface area contributed by atoms with Gasteiger partial charge in [-0.3, -0.25) is 0 Å². The maximum atomic E-state index is 9.28. The fourth-order valence-corrected chi connectivity index (χ4v) is 1.42. The molecule has 0 saturated heterocycles. The number of rotatable bonds is 3. The predicted molar refractivity (Wildman–Crippen MR) is 53.3 cm³/mol. The molecule has 0 atom stereocenters. The van der Waals surface area contributed by atoms with Gasteiger partial charge in [0.2, 0.25) is 0 Å². The Kier molecular flexibility index (Phi) is 2.42. The molecule has 4 heteroatoms. The third-order valence-electron chi connectivity index (χ3n) is 2.02.